The van der Waals surface area contributed by atoms with E-state index in [4.69, 9.17) is 4.74 Å². The molecule has 0 radical (unpaired) electrons. The molecular formula is C36H46N2O3. The number of hydrogen-bond acceptors (Lipinski definition) is 3. The van der Waals surface area contributed by atoms with E-state index in [1.165, 1.54) is 0 Å². The normalized spacial score (nSPS) is 15.0. The minimum absolute atomic E-state index is 0.0312. The monoisotopic (exact) mass is 554 g/mol. The zero-order valence-corrected chi connectivity index (χ0v) is 25.8. The quantitative estimate of drug-likeness (QED) is 0.335. The van der Waals surface area contributed by atoms with Gasteiger partial charge in [0.05, 0.1) is 7.11 Å². The van der Waals surface area contributed by atoms with Crippen molar-refractivity contribution in [3.63, 3.8) is 0 Å². The van der Waals surface area contributed by atoms with Crippen molar-refractivity contribution in [1.29, 1.82) is 0 Å². The predicted molar refractivity (Wildman–Crippen MR) is 167 cm³/mol. The van der Waals surface area contributed by atoms with Crippen molar-refractivity contribution >= 4 is 11.8 Å². The van der Waals surface area contributed by atoms with Crippen LogP contribution >= 0.6 is 0 Å². The Balaban J connectivity index is 1.84. The summed E-state index contributed by atoms with van der Waals surface area (Å²) in [6.07, 6.45) is 3.09. The zero-order chi connectivity index (χ0) is 29.8. The van der Waals surface area contributed by atoms with Crippen LogP contribution in [-0.2, 0) is 15.6 Å². The SMILES string of the molecule is COc1c(C(C)(C)C)cc(C(=O)N[C@H](C(=O)N2CCCCC2)C(c2ccccc2)c2ccccc2)cc1C(C)(C)C. The van der Waals surface area contributed by atoms with E-state index < -0.39 is 6.04 Å². The predicted octanol–water partition coefficient (Wildman–Crippen LogP) is 7.23. The molecule has 1 atom stereocenters. The standard InChI is InChI=1S/C36H46N2O3/c1-35(2,3)28-23-27(24-29(32(28)41-7)36(4,5)6)33(39)37-31(34(40)38-21-15-10-16-22-38)30(25-17-11-8-12-18-25)26-19-13-9-14-20-26/h8-9,11-14,17-20,23-24,30-31H,10,15-16,21-22H2,1-7H3,(H,37,39)/t31-/m0/s1. The molecule has 0 spiro atoms. The molecule has 3 aromatic rings. The lowest BCUT2D eigenvalue weighted by molar-refractivity contribution is -0.134. The highest BCUT2D eigenvalue weighted by Gasteiger charge is 2.37. The summed E-state index contributed by atoms with van der Waals surface area (Å²) >= 11 is 0. The second-order valence-corrected chi connectivity index (χ2v) is 13.2. The maximum atomic E-state index is 14.3. The number of amides is 2. The van der Waals surface area contributed by atoms with Crippen LogP contribution in [0.25, 0.3) is 0 Å². The fraction of sp³-hybridized carbons (Fsp3) is 0.444. The Morgan fingerprint density at radius 2 is 1.22 bits per heavy atom. The minimum atomic E-state index is -0.760. The number of methoxy groups -OCH3 is 1. The maximum Gasteiger partial charge on any atom is 0.251 e. The van der Waals surface area contributed by atoms with Gasteiger partial charge in [-0.05, 0) is 53.4 Å². The van der Waals surface area contributed by atoms with Crippen LogP contribution in [0.5, 0.6) is 5.75 Å². The van der Waals surface area contributed by atoms with Crippen LogP contribution in [0.15, 0.2) is 72.8 Å². The largest absolute Gasteiger partial charge is 0.496 e. The van der Waals surface area contributed by atoms with Crippen molar-refractivity contribution in [1.82, 2.24) is 10.2 Å². The van der Waals surface area contributed by atoms with E-state index >= 15 is 0 Å². The molecular weight excluding hydrogens is 508 g/mol. The summed E-state index contributed by atoms with van der Waals surface area (Å²) < 4.78 is 5.92. The van der Waals surface area contributed by atoms with Gasteiger partial charge in [-0.15, -0.1) is 0 Å². The van der Waals surface area contributed by atoms with Crippen molar-refractivity contribution in [3.8, 4) is 5.75 Å². The average Bonchev–Trinajstić information content (AvgIpc) is 2.96. The number of nitrogens with one attached hydrogen (secondary N) is 1. The molecule has 1 aliphatic heterocycles. The van der Waals surface area contributed by atoms with Crippen LogP contribution in [0.3, 0.4) is 0 Å². The van der Waals surface area contributed by atoms with Gasteiger partial charge in [-0.25, -0.2) is 0 Å². The van der Waals surface area contributed by atoms with Crippen LogP contribution in [0.2, 0.25) is 0 Å². The highest BCUT2D eigenvalue weighted by atomic mass is 16.5. The van der Waals surface area contributed by atoms with E-state index in [1.807, 2.05) is 77.7 Å². The Bertz CT molecular complexity index is 1260. The van der Waals surface area contributed by atoms with E-state index in [9.17, 15) is 9.59 Å². The van der Waals surface area contributed by atoms with Crippen molar-refractivity contribution in [2.75, 3.05) is 20.2 Å². The summed E-state index contributed by atoms with van der Waals surface area (Å²) in [6.45, 7) is 14.2. The van der Waals surface area contributed by atoms with Crippen LogP contribution in [0.4, 0.5) is 0 Å². The number of piperidine rings is 1. The first-order valence-corrected chi connectivity index (χ1v) is 14.8. The number of ether oxygens (including phenoxy) is 1. The summed E-state index contributed by atoms with van der Waals surface area (Å²) in [4.78, 5) is 30.5. The first-order valence-electron chi connectivity index (χ1n) is 14.8. The zero-order valence-electron chi connectivity index (χ0n) is 25.8. The smallest absolute Gasteiger partial charge is 0.251 e. The van der Waals surface area contributed by atoms with E-state index in [1.54, 1.807) is 7.11 Å². The van der Waals surface area contributed by atoms with Crippen LogP contribution in [0, 0.1) is 0 Å². The van der Waals surface area contributed by atoms with Gasteiger partial charge in [0, 0.05) is 35.7 Å². The van der Waals surface area contributed by atoms with Gasteiger partial charge in [-0.3, -0.25) is 9.59 Å². The van der Waals surface area contributed by atoms with E-state index in [0.717, 1.165) is 47.3 Å². The molecule has 218 valence electrons. The second-order valence-electron chi connectivity index (χ2n) is 13.2. The molecule has 41 heavy (non-hydrogen) atoms. The van der Waals surface area contributed by atoms with E-state index in [0.29, 0.717) is 18.7 Å². The molecule has 5 heteroatoms. The van der Waals surface area contributed by atoms with Crippen LogP contribution in [-0.4, -0.2) is 43.0 Å². The molecule has 0 saturated carbocycles. The van der Waals surface area contributed by atoms with Gasteiger partial charge in [0.15, 0.2) is 0 Å². The Morgan fingerprint density at radius 3 is 1.63 bits per heavy atom. The second kappa shape index (κ2) is 12.5. The summed E-state index contributed by atoms with van der Waals surface area (Å²) in [5.74, 6) is 0.194. The Morgan fingerprint density at radius 1 is 0.756 bits per heavy atom. The number of benzene rings is 3. The van der Waals surface area contributed by atoms with Gasteiger partial charge < -0.3 is 15.0 Å². The third-order valence-corrected chi connectivity index (χ3v) is 8.04. The third-order valence-electron chi connectivity index (χ3n) is 8.04. The van der Waals surface area contributed by atoms with Gasteiger partial charge >= 0.3 is 0 Å². The van der Waals surface area contributed by atoms with Gasteiger partial charge in [-0.2, -0.15) is 0 Å². The van der Waals surface area contributed by atoms with Crippen LogP contribution in [0.1, 0.15) is 99.3 Å². The number of carbonyl (C=O) groups is 2. The molecule has 1 heterocycles. The average molecular weight is 555 g/mol. The molecule has 0 bridgehead atoms. The van der Waals surface area contributed by atoms with Crippen LogP contribution < -0.4 is 10.1 Å². The highest BCUT2D eigenvalue weighted by Crippen LogP contribution is 2.41. The fourth-order valence-electron chi connectivity index (χ4n) is 5.82. The number of likely N-dealkylation sites (tertiary alicyclic amines) is 1. The summed E-state index contributed by atoms with van der Waals surface area (Å²) in [5.41, 5.74) is 3.97. The molecule has 1 aliphatic rings. The van der Waals surface area contributed by atoms with Gasteiger partial charge in [0.25, 0.3) is 5.91 Å². The lowest BCUT2D eigenvalue weighted by atomic mass is 9.78. The van der Waals surface area contributed by atoms with Gasteiger partial charge in [0.1, 0.15) is 11.8 Å². The molecule has 1 saturated heterocycles. The molecule has 1 N–H and O–H groups in total. The van der Waals surface area contributed by atoms with Crippen molar-refractivity contribution < 1.29 is 14.3 Å². The number of carbonyl (C=O) groups excluding carboxylic acids is 2. The highest BCUT2D eigenvalue weighted by molar-refractivity contribution is 5.99. The fourth-order valence-corrected chi connectivity index (χ4v) is 5.82. The summed E-state index contributed by atoms with van der Waals surface area (Å²) in [5, 5.41) is 3.25. The summed E-state index contributed by atoms with van der Waals surface area (Å²) in [7, 11) is 1.69. The molecule has 3 aromatic carbocycles. The molecule has 4 rings (SSSR count). The topological polar surface area (TPSA) is 58.6 Å². The number of rotatable bonds is 7. The number of nitrogens with zero attached hydrogens (tertiary/aromatic N) is 1. The molecule has 5 nitrogen and oxygen atoms in total. The lowest BCUT2D eigenvalue weighted by Gasteiger charge is -2.35. The Hall–Kier alpha value is -3.60. The minimum Gasteiger partial charge on any atom is -0.496 e. The molecule has 1 fully saturated rings. The van der Waals surface area contributed by atoms with Crippen molar-refractivity contribution in [2.24, 2.45) is 0 Å². The molecule has 0 aliphatic carbocycles. The van der Waals surface area contributed by atoms with Gasteiger partial charge in [0.2, 0.25) is 5.91 Å². The van der Waals surface area contributed by atoms with Crippen molar-refractivity contribution in [2.45, 2.75) is 83.6 Å². The summed E-state index contributed by atoms with van der Waals surface area (Å²) in [6, 6.07) is 23.2. The van der Waals surface area contributed by atoms with E-state index in [2.05, 4.69) is 46.9 Å². The molecule has 0 unspecified atom stereocenters. The Labute approximate surface area is 246 Å². The van der Waals surface area contributed by atoms with Gasteiger partial charge in [-0.1, -0.05) is 102 Å². The van der Waals surface area contributed by atoms with Crippen molar-refractivity contribution in [3.05, 3.63) is 101 Å². The maximum absolute atomic E-state index is 14.3. The molecule has 2 amide bonds. The lowest BCUT2D eigenvalue weighted by Crippen LogP contribution is -2.53. The molecule has 0 aromatic heterocycles. The van der Waals surface area contributed by atoms with E-state index in [-0.39, 0.29) is 28.6 Å². The number of hydrogen-bond donors (Lipinski definition) is 1. The third kappa shape index (κ3) is 7.01. The Kier molecular flexibility index (Phi) is 9.26. The first-order chi connectivity index (χ1) is 19.4. The first kappa shape index (κ1) is 30.4.